The third-order valence-electron chi connectivity index (χ3n) is 3.47. The number of rotatable bonds is 3. The van der Waals surface area contributed by atoms with Gasteiger partial charge in [-0.05, 0) is 17.7 Å². The summed E-state index contributed by atoms with van der Waals surface area (Å²) >= 11 is 0. The predicted octanol–water partition coefficient (Wildman–Crippen LogP) is 1.61. The van der Waals surface area contributed by atoms with Gasteiger partial charge in [-0.1, -0.05) is 6.07 Å². The molecule has 0 radical (unpaired) electrons. The van der Waals surface area contributed by atoms with Crippen molar-refractivity contribution in [1.82, 2.24) is 14.5 Å². The van der Waals surface area contributed by atoms with E-state index in [-0.39, 0.29) is 5.75 Å². The molecule has 0 saturated carbocycles. The summed E-state index contributed by atoms with van der Waals surface area (Å²) in [7, 11) is 1.57. The van der Waals surface area contributed by atoms with Gasteiger partial charge in [-0.15, -0.1) is 0 Å². The second-order valence-corrected chi connectivity index (χ2v) is 4.75. The summed E-state index contributed by atoms with van der Waals surface area (Å²) in [6, 6.07) is 5.49. The highest BCUT2D eigenvalue weighted by molar-refractivity contribution is 5.41. The van der Waals surface area contributed by atoms with Crippen molar-refractivity contribution in [1.29, 1.82) is 0 Å². The van der Waals surface area contributed by atoms with E-state index in [1.54, 1.807) is 13.2 Å². The zero-order chi connectivity index (χ0) is 13.2. The predicted molar refractivity (Wildman–Crippen MR) is 71.0 cm³/mol. The first-order chi connectivity index (χ1) is 9.26. The molecule has 0 fully saturated rings. The fraction of sp³-hybridized carbons (Fsp3) is 0.357. The molecule has 0 saturated heterocycles. The van der Waals surface area contributed by atoms with Crippen LogP contribution >= 0.6 is 0 Å². The lowest BCUT2D eigenvalue weighted by Gasteiger charge is -2.27. The molecule has 3 rings (SSSR count). The number of aromatic nitrogens is 2. The average Bonchev–Trinajstić information content (AvgIpc) is 2.88. The van der Waals surface area contributed by atoms with Crippen LogP contribution in [0.15, 0.2) is 30.6 Å². The summed E-state index contributed by atoms with van der Waals surface area (Å²) in [5, 5.41) is 9.59. The third-order valence-corrected chi connectivity index (χ3v) is 3.47. The number of fused-ring (bicyclic) bond motifs is 1. The first-order valence-corrected chi connectivity index (χ1v) is 6.34. The van der Waals surface area contributed by atoms with Gasteiger partial charge in [0.15, 0.2) is 11.5 Å². The number of hydrogen-bond acceptors (Lipinski definition) is 4. The van der Waals surface area contributed by atoms with Crippen molar-refractivity contribution in [2.24, 2.45) is 0 Å². The van der Waals surface area contributed by atoms with Crippen molar-refractivity contribution in [2.75, 3.05) is 13.7 Å². The molecule has 1 aliphatic rings. The number of benzene rings is 1. The molecule has 1 N–H and O–H groups in total. The minimum Gasteiger partial charge on any atom is -0.504 e. The Morgan fingerprint density at radius 3 is 3.11 bits per heavy atom. The Bertz CT molecular complexity index is 580. The maximum Gasteiger partial charge on any atom is 0.160 e. The van der Waals surface area contributed by atoms with Gasteiger partial charge < -0.3 is 14.4 Å². The zero-order valence-electron chi connectivity index (χ0n) is 10.9. The Kier molecular flexibility index (Phi) is 3.13. The van der Waals surface area contributed by atoms with Crippen LogP contribution in [0.25, 0.3) is 0 Å². The summed E-state index contributed by atoms with van der Waals surface area (Å²) in [6.45, 7) is 3.68. The average molecular weight is 259 g/mol. The van der Waals surface area contributed by atoms with E-state index in [0.717, 1.165) is 37.6 Å². The Hall–Kier alpha value is -2.01. The van der Waals surface area contributed by atoms with Crippen LogP contribution in [0.2, 0.25) is 0 Å². The van der Waals surface area contributed by atoms with Crippen LogP contribution in [0.5, 0.6) is 11.5 Å². The van der Waals surface area contributed by atoms with Crippen molar-refractivity contribution < 1.29 is 9.84 Å². The Morgan fingerprint density at radius 2 is 2.26 bits per heavy atom. The molecule has 0 amide bonds. The molecule has 0 unspecified atom stereocenters. The molecule has 2 heterocycles. The second kappa shape index (κ2) is 4.93. The van der Waals surface area contributed by atoms with Gasteiger partial charge in [0.1, 0.15) is 5.82 Å². The Labute approximate surface area is 112 Å². The highest BCUT2D eigenvalue weighted by atomic mass is 16.5. The molecule has 1 aliphatic heterocycles. The van der Waals surface area contributed by atoms with Gasteiger partial charge in [-0.25, -0.2) is 4.98 Å². The molecule has 2 aromatic rings. The molecule has 100 valence electrons. The van der Waals surface area contributed by atoms with Gasteiger partial charge in [0.25, 0.3) is 0 Å². The fourth-order valence-corrected chi connectivity index (χ4v) is 2.44. The quantitative estimate of drug-likeness (QED) is 0.910. The van der Waals surface area contributed by atoms with Gasteiger partial charge in [-0.3, -0.25) is 4.90 Å². The van der Waals surface area contributed by atoms with E-state index in [0.29, 0.717) is 5.75 Å². The second-order valence-electron chi connectivity index (χ2n) is 4.75. The van der Waals surface area contributed by atoms with Gasteiger partial charge in [0.2, 0.25) is 0 Å². The van der Waals surface area contributed by atoms with Crippen molar-refractivity contribution in [3.63, 3.8) is 0 Å². The SMILES string of the molecule is COc1cc(CN2CCn3ccnc3C2)ccc1O. The van der Waals surface area contributed by atoms with Crippen molar-refractivity contribution >= 4 is 0 Å². The van der Waals surface area contributed by atoms with Crippen LogP contribution in [-0.2, 0) is 19.6 Å². The number of phenols is 1. The lowest BCUT2D eigenvalue weighted by molar-refractivity contribution is 0.208. The standard InChI is InChI=1S/C14H17N3O2/c1-19-13-8-11(2-3-12(13)18)9-16-6-7-17-5-4-15-14(17)10-16/h2-5,8,18H,6-7,9-10H2,1H3. The maximum absolute atomic E-state index is 9.59. The molecule has 1 aromatic heterocycles. The summed E-state index contributed by atoms with van der Waals surface area (Å²) in [4.78, 5) is 6.69. The molecule has 0 aliphatic carbocycles. The van der Waals surface area contributed by atoms with Crippen LogP contribution in [0.1, 0.15) is 11.4 Å². The van der Waals surface area contributed by atoms with Crippen LogP contribution < -0.4 is 4.74 Å². The van der Waals surface area contributed by atoms with E-state index < -0.39 is 0 Å². The lowest BCUT2D eigenvalue weighted by Crippen LogP contribution is -2.33. The van der Waals surface area contributed by atoms with Gasteiger partial charge in [0.05, 0.1) is 13.7 Å². The normalized spacial score (nSPS) is 15.2. The number of ether oxygens (including phenoxy) is 1. The van der Waals surface area contributed by atoms with Gasteiger partial charge in [0, 0.05) is 32.0 Å². The first kappa shape index (κ1) is 12.0. The van der Waals surface area contributed by atoms with Crippen molar-refractivity contribution in [2.45, 2.75) is 19.6 Å². The molecular formula is C14H17N3O2. The van der Waals surface area contributed by atoms with E-state index in [9.17, 15) is 5.11 Å². The number of hydrogen-bond donors (Lipinski definition) is 1. The first-order valence-electron chi connectivity index (χ1n) is 6.34. The van der Waals surface area contributed by atoms with E-state index >= 15 is 0 Å². The minimum atomic E-state index is 0.181. The molecule has 5 heteroatoms. The molecule has 19 heavy (non-hydrogen) atoms. The van der Waals surface area contributed by atoms with Gasteiger partial charge in [-0.2, -0.15) is 0 Å². The van der Waals surface area contributed by atoms with Crippen LogP contribution in [0.4, 0.5) is 0 Å². The molecule has 0 atom stereocenters. The fourth-order valence-electron chi connectivity index (χ4n) is 2.44. The minimum absolute atomic E-state index is 0.181. The summed E-state index contributed by atoms with van der Waals surface area (Å²) in [6.07, 6.45) is 3.87. The summed E-state index contributed by atoms with van der Waals surface area (Å²) in [5.41, 5.74) is 1.13. The maximum atomic E-state index is 9.59. The smallest absolute Gasteiger partial charge is 0.160 e. The number of imidazole rings is 1. The number of phenolic OH excluding ortho intramolecular Hbond substituents is 1. The molecule has 5 nitrogen and oxygen atoms in total. The number of aromatic hydroxyl groups is 1. The van der Waals surface area contributed by atoms with Crippen molar-refractivity contribution in [3.05, 3.63) is 42.0 Å². The van der Waals surface area contributed by atoms with Crippen molar-refractivity contribution in [3.8, 4) is 11.5 Å². The summed E-state index contributed by atoms with van der Waals surface area (Å²) < 4.78 is 7.32. The van der Waals surface area contributed by atoms with E-state index in [1.165, 1.54) is 0 Å². The highest BCUT2D eigenvalue weighted by Crippen LogP contribution is 2.27. The topological polar surface area (TPSA) is 50.5 Å². The van der Waals surface area contributed by atoms with E-state index in [2.05, 4.69) is 14.5 Å². The molecule has 0 bridgehead atoms. The molecule has 1 aromatic carbocycles. The third kappa shape index (κ3) is 2.42. The monoisotopic (exact) mass is 259 g/mol. The lowest BCUT2D eigenvalue weighted by atomic mass is 10.2. The highest BCUT2D eigenvalue weighted by Gasteiger charge is 2.16. The van der Waals surface area contributed by atoms with Crippen LogP contribution in [0.3, 0.4) is 0 Å². The van der Waals surface area contributed by atoms with Crippen LogP contribution in [0, 0.1) is 0 Å². The number of nitrogens with zero attached hydrogens (tertiary/aromatic N) is 3. The van der Waals surface area contributed by atoms with Gasteiger partial charge >= 0.3 is 0 Å². The number of methoxy groups -OCH3 is 1. The van der Waals surface area contributed by atoms with E-state index in [4.69, 9.17) is 4.74 Å². The van der Waals surface area contributed by atoms with Crippen LogP contribution in [-0.4, -0.2) is 33.2 Å². The molecule has 0 spiro atoms. The summed E-state index contributed by atoms with van der Waals surface area (Å²) in [5.74, 6) is 1.81. The zero-order valence-corrected chi connectivity index (χ0v) is 10.9. The molecular weight excluding hydrogens is 242 g/mol. The largest absolute Gasteiger partial charge is 0.504 e. The van der Waals surface area contributed by atoms with E-state index in [1.807, 2.05) is 24.5 Å². The Balaban J connectivity index is 1.72. The Morgan fingerprint density at radius 1 is 1.37 bits per heavy atom.